The van der Waals surface area contributed by atoms with Gasteiger partial charge in [0.25, 0.3) is 0 Å². The zero-order valence-corrected chi connectivity index (χ0v) is 15.8. The predicted octanol–water partition coefficient (Wildman–Crippen LogP) is 5.03. The summed E-state index contributed by atoms with van der Waals surface area (Å²) in [4.78, 5) is 2.68. The van der Waals surface area contributed by atoms with Gasteiger partial charge in [0.2, 0.25) is 0 Å². The molecular formula is C22H28ClNO. The van der Waals surface area contributed by atoms with Crippen molar-refractivity contribution < 1.29 is 4.74 Å². The molecule has 1 fully saturated rings. The molecule has 1 aliphatic heterocycles. The summed E-state index contributed by atoms with van der Waals surface area (Å²) in [5.41, 5.74) is 4.57. The first-order valence-electron chi connectivity index (χ1n) is 9.27. The van der Waals surface area contributed by atoms with Gasteiger partial charge >= 0.3 is 0 Å². The molecule has 0 bridgehead atoms. The maximum atomic E-state index is 5.40. The number of rotatable bonds is 4. The number of fused-ring (bicyclic) bond motifs is 1. The zero-order valence-electron chi connectivity index (χ0n) is 15.0. The molecule has 134 valence electrons. The van der Waals surface area contributed by atoms with Crippen molar-refractivity contribution in [2.24, 2.45) is 0 Å². The Kier molecular flexibility index (Phi) is 6.03. The number of nitrogens with zero attached hydrogens (tertiary/aromatic N) is 1. The summed E-state index contributed by atoms with van der Waals surface area (Å²) in [6, 6.07) is 17.7. The minimum atomic E-state index is 0. The fourth-order valence-electron chi connectivity index (χ4n) is 4.52. The average molecular weight is 358 g/mol. The van der Waals surface area contributed by atoms with E-state index < -0.39 is 0 Å². The van der Waals surface area contributed by atoms with Gasteiger partial charge in [-0.3, -0.25) is 0 Å². The van der Waals surface area contributed by atoms with Gasteiger partial charge in [0.1, 0.15) is 5.75 Å². The molecule has 0 saturated carbocycles. The van der Waals surface area contributed by atoms with E-state index in [9.17, 15) is 0 Å². The van der Waals surface area contributed by atoms with Crippen LogP contribution in [0.1, 0.15) is 47.8 Å². The summed E-state index contributed by atoms with van der Waals surface area (Å²) in [5, 5.41) is 0. The highest BCUT2D eigenvalue weighted by Crippen LogP contribution is 2.36. The third-order valence-corrected chi connectivity index (χ3v) is 5.81. The molecule has 0 amide bonds. The summed E-state index contributed by atoms with van der Waals surface area (Å²) in [7, 11) is 1.76. The van der Waals surface area contributed by atoms with E-state index in [1.54, 1.807) is 12.7 Å². The molecule has 0 N–H and O–H groups in total. The third kappa shape index (κ3) is 4.02. The molecular weight excluding hydrogens is 330 g/mol. The maximum absolute atomic E-state index is 5.40. The van der Waals surface area contributed by atoms with E-state index in [2.05, 4.69) is 53.4 Å². The van der Waals surface area contributed by atoms with Crippen LogP contribution in [-0.2, 0) is 6.42 Å². The molecule has 1 aliphatic carbocycles. The molecule has 2 aromatic rings. The minimum absolute atomic E-state index is 0. The fourth-order valence-corrected chi connectivity index (χ4v) is 4.52. The van der Waals surface area contributed by atoms with E-state index in [0.29, 0.717) is 11.8 Å². The second-order valence-electron chi connectivity index (χ2n) is 7.31. The molecule has 0 radical (unpaired) electrons. The summed E-state index contributed by atoms with van der Waals surface area (Å²) < 4.78 is 5.40. The second kappa shape index (κ2) is 8.25. The van der Waals surface area contributed by atoms with Crippen LogP contribution in [0.4, 0.5) is 0 Å². The predicted molar refractivity (Wildman–Crippen MR) is 106 cm³/mol. The number of methoxy groups -OCH3 is 1. The molecule has 0 aromatic heterocycles. The Morgan fingerprint density at radius 3 is 2.72 bits per heavy atom. The molecule has 2 aliphatic rings. The van der Waals surface area contributed by atoms with Crippen molar-refractivity contribution in [2.45, 2.75) is 37.5 Å². The van der Waals surface area contributed by atoms with Gasteiger partial charge in [-0.2, -0.15) is 0 Å². The molecule has 4 rings (SSSR count). The summed E-state index contributed by atoms with van der Waals surface area (Å²) >= 11 is 0. The lowest BCUT2D eigenvalue weighted by Gasteiger charge is -2.29. The Labute approximate surface area is 157 Å². The molecule has 2 atom stereocenters. The molecule has 0 spiro atoms. The van der Waals surface area contributed by atoms with Gasteiger partial charge in [0.05, 0.1) is 7.11 Å². The lowest BCUT2D eigenvalue weighted by Crippen LogP contribution is -2.28. The Hall–Kier alpha value is -1.51. The van der Waals surface area contributed by atoms with Crippen LogP contribution in [0.2, 0.25) is 0 Å². The van der Waals surface area contributed by atoms with Crippen molar-refractivity contribution >= 4 is 12.4 Å². The standard InChI is InChI=1S/C22H27NO.ClH/c1-24-21-10-11-22-18(14-21)8-5-9-20(22)16-23-13-12-19(15-23)17-6-3-2-4-7-17;/h2-4,6-7,10-11,14,19-20H,5,8-9,12-13,15-16H2,1H3;1H. The zero-order chi connectivity index (χ0) is 16.4. The van der Waals surface area contributed by atoms with Crippen molar-refractivity contribution in [3.63, 3.8) is 0 Å². The highest BCUT2D eigenvalue weighted by atomic mass is 35.5. The van der Waals surface area contributed by atoms with Crippen molar-refractivity contribution in [1.29, 1.82) is 0 Å². The Morgan fingerprint density at radius 2 is 1.92 bits per heavy atom. The quantitative estimate of drug-likeness (QED) is 0.761. The molecule has 1 heterocycles. The molecule has 2 aromatic carbocycles. The van der Waals surface area contributed by atoms with Crippen molar-refractivity contribution in [3.05, 3.63) is 65.2 Å². The first kappa shape index (κ1) is 18.3. The highest BCUT2D eigenvalue weighted by molar-refractivity contribution is 5.85. The van der Waals surface area contributed by atoms with Gasteiger partial charge in [0, 0.05) is 13.1 Å². The number of ether oxygens (including phenoxy) is 1. The number of halogens is 1. The van der Waals surface area contributed by atoms with Crippen LogP contribution < -0.4 is 4.74 Å². The van der Waals surface area contributed by atoms with E-state index in [1.807, 2.05) is 0 Å². The number of aryl methyl sites for hydroxylation is 1. The molecule has 25 heavy (non-hydrogen) atoms. The Balaban J connectivity index is 0.00000182. The fraction of sp³-hybridized carbons (Fsp3) is 0.455. The summed E-state index contributed by atoms with van der Waals surface area (Å²) in [6.07, 6.45) is 5.13. The summed E-state index contributed by atoms with van der Waals surface area (Å²) in [6.45, 7) is 3.66. The first-order chi connectivity index (χ1) is 11.8. The molecule has 2 unspecified atom stereocenters. The number of hydrogen-bond donors (Lipinski definition) is 0. The largest absolute Gasteiger partial charge is 0.497 e. The van der Waals surface area contributed by atoms with Crippen LogP contribution in [-0.4, -0.2) is 31.6 Å². The van der Waals surface area contributed by atoms with Gasteiger partial charge in [0.15, 0.2) is 0 Å². The topological polar surface area (TPSA) is 12.5 Å². The van der Waals surface area contributed by atoms with E-state index >= 15 is 0 Å². The average Bonchev–Trinajstić information content (AvgIpc) is 3.11. The molecule has 2 nitrogen and oxygen atoms in total. The normalized spacial score (nSPS) is 22.9. The minimum Gasteiger partial charge on any atom is -0.497 e. The van der Waals surface area contributed by atoms with E-state index in [4.69, 9.17) is 4.74 Å². The van der Waals surface area contributed by atoms with Crippen LogP contribution in [0.15, 0.2) is 48.5 Å². The lowest BCUT2D eigenvalue weighted by molar-refractivity contribution is 0.296. The maximum Gasteiger partial charge on any atom is 0.119 e. The first-order valence-corrected chi connectivity index (χ1v) is 9.27. The SMILES string of the molecule is COc1ccc2c(c1)CCCC2CN1CCC(c2ccccc2)C1.Cl. The van der Waals surface area contributed by atoms with Crippen LogP contribution in [0.3, 0.4) is 0 Å². The lowest BCUT2D eigenvalue weighted by atomic mass is 9.82. The van der Waals surface area contributed by atoms with Gasteiger partial charge in [-0.25, -0.2) is 0 Å². The second-order valence-corrected chi connectivity index (χ2v) is 7.31. The number of likely N-dealkylation sites (tertiary alicyclic amines) is 1. The van der Waals surface area contributed by atoms with E-state index in [0.717, 1.165) is 5.75 Å². The Morgan fingerprint density at radius 1 is 1.08 bits per heavy atom. The van der Waals surface area contributed by atoms with Crippen molar-refractivity contribution in [3.8, 4) is 5.75 Å². The van der Waals surface area contributed by atoms with Crippen LogP contribution >= 0.6 is 12.4 Å². The monoisotopic (exact) mass is 357 g/mol. The van der Waals surface area contributed by atoms with Crippen LogP contribution in [0.25, 0.3) is 0 Å². The number of benzene rings is 2. The van der Waals surface area contributed by atoms with Gasteiger partial charge in [-0.15, -0.1) is 12.4 Å². The van der Waals surface area contributed by atoms with Gasteiger partial charge < -0.3 is 9.64 Å². The number of hydrogen-bond acceptors (Lipinski definition) is 2. The van der Waals surface area contributed by atoms with E-state index in [1.165, 1.54) is 56.4 Å². The molecule has 1 saturated heterocycles. The van der Waals surface area contributed by atoms with Gasteiger partial charge in [-0.05, 0) is 72.9 Å². The van der Waals surface area contributed by atoms with Gasteiger partial charge in [-0.1, -0.05) is 36.4 Å². The van der Waals surface area contributed by atoms with Crippen LogP contribution in [0, 0.1) is 0 Å². The Bertz CT molecular complexity index is 688. The molecule has 3 heteroatoms. The third-order valence-electron chi connectivity index (χ3n) is 5.81. The highest BCUT2D eigenvalue weighted by Gasteiger charge is 2.28. The van der Waals surface area contributed by atoms with E-state index in [-0.39, 0.29) is 12.4 Å². The smallest absolute Gasteiger partial charge is 0.119 e. The van der Waals surface area contributed by atoms with Crippen molar-refractivity contribution in [1.82, 2.24) is 4.90 Å². The van der Waals surface area contributed by atoms with Crippen LogP contribution in [0.5, 0.6) is 5.75 Å². The summed E-state index contributed by atoms with van der Waals surface area (Å²) in [5.74, 6) is 2.40. The van der Waals surface area contributed by atoms with Crippen molar-refractivity contribution in [2.75, 3.05) is 26.7 Å².